The van der Waals surface area contributed by atoms with Crippen LogP contribution in [-0.4, -0.2) is 38.5 Å². The molecule has 1 unspecified atom stereocenters. The van der Waals surface area contributed by atoms with Gasteiger partial charge in [-0.2, -0.15) is 4.98 Å². The zero-order chi connectivity index (χ0) is 20.6. The minimum Gasteiger partial charge on any atom is -0.493 e. The van der Waals surface area contributed by atoms with Crippen LogP contribution in [0, 0.1) is 6.92 Å². The molecule has 2 heterocycles. The molecule has 0 bridgehead atoms. The van der Waals surface area contributed by atoms with Crippen molar-refractivity contribution >= 4 is 11.2 Å². The highest BCUT2D eigenvalue weighted by Crippen LogP contribution is 2.28. The number of nitrogens with zero attached hydrogens (tertiary/aromatic N) is 4. The molecule has 0 fully saturated rings. The van der Waals surface area contributed by atoms with Crippen LogP contribution in [0.1, 0.15) is 12.5 Å². The van der Waals surface area contributed by atoms with Crippen molar-refractivity contribution < 1.29 is 14.2 Å². The number of hydrogen-bond acceptors (Lipinski definition) is 6. The van der Waals surface area contributed by atoms with Crippen molar-refractivity contribution in [1.29, 1.82) is 0 Å². The molecular weight excluding hydrogens is 364 g/mol. The number of fused-ring (bicyclic) bond motifs is 1. The first kappa shape index (κ1) is 19.5. The van der Waals surface area contributed by atoms with Gasteiger partial charge in [-0.3, -0.25) is 18.5 Å². The summed E-state index contributed by atoms with van der Waals surface area (Å²) in [6, 6.07) is 5.91. The molecule has 0 aliphatic rings. The van der Waals surface area contributed by atoms with E-state index in [2.05, 4.69) is 4.98 Å². The fraction of sp³-hybridized carbons (Fsp3) is 0.421. The minimum atomic E-state index is -0.440. The first-order chi connectivity index (χ1) is 13.2. The Morgan fingerprint density at radius 3 is 2.46 bits per heavy atom. The van der Waals surface area contributed by atoms with E-state index in [0.29, 0.717) is 17.0 Å². The lowest BCUT2D eigenvalue weighted by Gasteiger charge is -2.16. The van der Waals surface area contributed by atoms with E-state index in [9.17, 15) is 9.59 Å². The summed E-state index contributed by atoms with van der Waals surface area (Å²) in [5, 5.41) is 0. The molecule has 1 atom stereocenters. The fourth-order valence-corrected chi connectivity index (χ4v) is 2.92. The summed E-state index contributed by atoms with van der Waals surface area (Å²) < 4.78 is 20.9. The normalized spacial score (nSPS) is 12.2. The maximum absolute atomic E-state index is 12.4. The highest BCUT2D eigenvalue weighted by Gasteiger charge is 2.19. The van der Waals surface area contributed by atoms with Crippen LogP contribution >= 0.6 is 0 Å². The van der Waals surface area contributed by atoms with Gasteiger partial charge in [0.25, 0.3) is 11.6 Å². The Morgan fingerprint density at radius 2 is 1.79 bits per heavy atom. The summed E-state index contributed by atoms with van der Waals surface area (Å²) in [5.74, 6) is 1.26. The van der Waals surface area contributed by atoms with Crippen LogP contribution in [0.4, 0.5) is 0 Å². The van der Waals surface area contributed by atoms with E-state index >= 15 is 0 Å². The Hall–Kier alpha value is -3.23. The fourth-order valence-electron chi connectivity index (χ4n) is 2.92. The third-order valence-corrected chi connectivity index (χ3v) is 4.53. The molecule has 3 rings (SSSR count). The molecule has 2 aromatic heterocycles. The number of imidazole rings is 1. The summed E-state index contributed by atoms with van der Waals surface area (Å²) in [7, 11) is 6.26. The molecule has 150 valence electrons. The molecule has 0 amide bonds. The first-order valence-electron chi connectivity index (χ1n) is 8.81. The lowest BCUT2D eigenvalue weighted by atomic mass is 10.2. The molecule has 0 aliphatic heterocycles. The highest BCUT2D eigenvalue weighted by molar-refractivity contribution is 5.71. The van der Waals surface area contributed by atoms with E-state index in [1.807, 2.05) is 32.0 Å². The van der Waals surface area contributed by atoms with Gasteiger partial charge in [0.2, 0.25) is 0 Å². The Labute approximate surface area is 161 Å². The third-order valence-electron chi connectivity index (χ3n) is 4.53. The van der Waals surface area contributed by atoms with E-state index < -0.39 is 11.2 Å². The Balaban J connectivity index is 1.82. The lowest BCUT2D eigenvalue weighted by Crippen LogP contribution is -2.37. The van der Waals surface area contributed by atoms with Gasteiger partial charge in [0.05, 0.1) is 7.11 Å². The number of rotatable bonds is 6. The molecule has 0 aliphatic carbocycles. The van der Waals surface area contributed by atoms with Crippen molar-refractivity contribution in [3.63, 3.8) is 0 Å². The number of aromatic nitrogens is 4. The zero-order valence-electron chi connectivity index (χ0n) is 16.8. The van der Waals surface area contributed by atoms with Crippen molar-refractivity contribution in [3.8, 4) is 17.5 Å². The van der Waals surface area contributed by atoms with Gasteiger partial charge in [-0.15, -0.1) is 0 Å². The van der Waals surface area contributed by atoms with Gasteiger partial charge >= 0.3 is 5.69 Å². The molecule has 3 aromatic rings. The monoisotopic (exact) mass is 388 g/mol. The maximum Gasteiger partial charge on any atom is 0.332 e. The molecule has 9 heteroatoms. The first-order valence-corrected chi connectivity index (χ1v) is 8.81. The van der Waals surface area contributed by atoms with Crippen molar-refractivity contribution in [2.45, 2.75) is 20.0 Å². The van der Waals surface area contributed by atoms with Crippen LogP contribution in [0.15, 0.2) is 27.8 Å². The van der Waals surface area contributed by atoms with Crippen LogP contribution in [-0.2, 0) is 21.1 Å². The quantitative estimate of drug-likeness (QED) is 0.629. The van der Waals surface area contributed by atoms with E-state index in [4.69, 9.17) is 14.2 Å². The zero-order valence-corrected chi connectivity index (χ0v) is 16.8. The second kappa shape index (κ2) is 7.41. The molecule has 0 radical (unpaired) electrons. The summed E-state index contributed by atoms with van der Waals surface area (Å²) in [5.41, 5.74) is 0.786. The van der Waals surface area contributed by atoms with Crippen molar-refractivity contribution in [3.05, 3.63) is 44.6 Å². The second-order valence-corrected chi connectivity index (χ2v) is 6.73. The summed E-state index contributed by atoms with van der Waals surface area (Å²) in [6.07, 6.45) is -0.359. The number of methoxy groups -OCH3 is 1. The summed E-state index contributed by atoms with van der Waals surface area (Å²) in [4.78, 5) is 28.8. The van der Waals surface area contributed by atoms with E-state index in [-0.39, 0.29) is 24.4 Å². The van der Waals surface area contributed by atoms with Gasteiger partial charge in [0, 0.05) is 21.1 Å². The van der Waals surface area contributed by atoms with Gasteiger partial charge in [-0.1, -0.05) is 6.07 Å². The second-order valence-electron chi connectivity index (χ2n) is 6.73. The van der Waals surface area contributed by atoms with Gasteiger partial charge in [-0.25, -0.2) is 4.79 Å². The van der Waals surface area contributed by atoms with Crippen molar-refractivity contribution in [2.75, 3.05) is 13.7 Å². The van der Waals surface area contributed by atoms with Crippen LogP contribution in [0.3, 0.4) is 0 Å². The van der Waals surface area contributed by atoms with Crippen LogP contribution < -0.4 is 25.5 Å². The van der Waals surface area contributed by atoms with E-state index in [0.717, 1.165) is 10.1 Å². The topological polar surface area (TPSA) is 89.5 Å². The van der Waals surface area contributed by atoms with Crippen molar-refractivity contribution in [2.24, 2.45) is 21.1 Å². The van der Waals surface area contributed by atoms with E-state index in [1.165, 1.54) is 11.6 Å². The minimum absolute atomic E-state index is 0.236. The number of hydrogen-bond donors (Lipinski definition) is 0. The highest BCUT2D eigenvalue weighted by atomic mass is 16.6. The molecule has 0 saturated carbocycles. The predicted octanol–water partition coefficient (Wildman–Crippen LogP) is 1.13. The van der Waals surface area contributed by atoms with Gasteiger partial charge in [-0.05, 0) is 31.5 Å². The molecule has 1 aromatic carbocycles. The Bertz CT molecular complexity index is 1140. The lowest BCUT2D eigenvalue weighted by molar-refractivity contribution is 0.128. The van der Waals surface area contributed by atoms with Crippen LogP contribution in [0.2, 0.25) is 0 Å². The number of ether oxygens (including phenoxy) is 3. The average molecular weight is 388 g/mol. The van der Waals surface area contributed by atoms with Crippen LogP contribution in [0.25, 0.3) is 11.2 Å². The third kappa shape index (κ3) is 3.35. The van der Waals surface area contributed by atoms with Crippen molar-refractivity contribution in [1.82, 2.24) is 18.7 Å². The number of aryl methyl sites for hydroxylation is 3. The smallest absolute Gasteiger partial charge is 0.332 e. The molecule has 0 spiro atoms. The Kier molecular flexibility index (Phi) is 5.17. The Morgan fingerprint density at radius 1 is 1.07 bits per heavy atom. The maximum atomic E-state index is 12.4. The standard InChI is InChI=1S/C19H24N4O5/c1-11-7-8-13(14(9-11)26-6)27-10-12(2)28-18-20-16-15(21(18)3)17(24)23(5)19(25)22(16)4/h7-9,12H,10H2,1-6H3. The largest absolute Gasteiger partial charge is 0.493 e. The SMILES string of the molecule is COc1cc(C)ccc1OCC(C)Oc1nc2c(c(=O)n(C)c(=O)n2C)n1C. The molecular formula is C19H24N4O5. The van der Waals surface area contributed by atoms with Gasteiger partial charge < -0.3 is 14.2 Å². The molecule has 0 saturated heterocycles. The van der Waals surface area contributed by atoms with E-state index in [1.54, 1.807) is 25.8 Å². The van der Waals surface area contributed by atoms with Gasteiger partial charge in [0.15, 0.2) is 22.7 Å². The summed E-state index contributed by atoms with van der Waals surface area (Å²) in [6.45, 7) is 4.05. The summed E-state index contributed by atoms with van der Waals surface area (Å²) >= 11 is 0. The van der Waals surface area contributed by atoms with Crippen LogP contribution in [0.5, 0.6) is 17.5 Å². The molecule has 28 heavy (non-hydrogen) atoms. The number of benzene rings is 1. The van der Waals surface area contributed by atoms with Gasteiger partial charge in [0.1, 0.15) is 12.7 Å². The average Bonchev–Trinajstić information content (AvgIpc) is 2.99. The molecule has 0 N–H and O–H groups in total. The predicted molar refractivity (Wildman–Crippen MR) is 105 cm³/mol. The molecule has 9 nitrogen and oxygen atoms in total.